The lowest BCUT2D eigenvalue weighted by Crippen LogP contribution is -2.25. The van der Waals surface area contributed by atoms with E-state index in [1.54, 1.807) is 30.5 Å². The van der Waals surface area contributed by atoms with E-state index in [0.29, 0.717) is 29.3 Å². The van der Waals surface area contributed by atoms with Crippen LogP contribution in [0.4, 0.5) is 5.69 Å². The summed E-state index contributed by atoms with van der Waals surface area (Å²) in [5.74, 6) is -0.0159. The van der Waals surface area contributed by atoms with Crippen molar-refractivity contribution in [1.82, 2.24) is 15.3 Å². The highest BCUT2D eigenvalue weighted by atomic mass is 16.5. The Morgan fingerprint density at radius 3 is 2.57 bits per heavy atom. The molecule has 0 saturated heterocycles. The first-order valence-electron chi connectivity index (χ1n) is 9.80. The molecular formula is C23H22N4O3. The van der Waals surface area contributed by atoms with Crippen LogP contribution in [-0.2, 0) is 6.61 Å². The van der Waals surface area contributed by atoms with Gasteiger partial charge in [0, 0.05) is 35.8 Å². The summed E-state index contributed by atoms with van der Waals surface area (Å²) in [6.45, 7) is 2.18. The minimum atomic E-state index is -0.304. The zero-order chi connectivity index (χ0) is 20.9. The molecule has 1 fully saturated rings. The van der Waals surface area contributed by atoms with Crippen molar-refractivity contribution in [3.63, 3.8) is 0 Å². The van der Waals surface area contributed by atoms with Gasteiger partial charge in [-0.05, 0) is 55.7 Å². The fourth-order valence-corrected chi connectivity index (χ4v) is 2.82. The summed E-state index contributed by atoms with van der Waals surface area (Å²) in [6, 6.07) is 14.4. The van der Waals surface area contributed by atoms with Crippen LogP contribution >= 0.6 is 0 Å². The standard InChI is InChI=1S/C23H22N4O3/c1-15-5-6-16(22(28)26-18-8-9-18)12-20(15)27-23(29)17-7-10-21(25-13-17)30-14-19-4-2-3-11-24-19/h2-7,10-13,18H,8-9,14H2,1H3,(H,26,28)(H,27,29). The van der Waals surface area contributed by atoms with Crippen molar-refractivity contribution in [2.75, 3.05) is 5.32 Å². The van der Waals surface area contributed by atoms with Gasteiger partial charge >= 0.3 is 0 Å². The number of carbonyl (C=O) groups is 2. The number of amides is 2. The molecule has 2 aromatic heterocycles. The number of nitrogens with zero attached hydrogens (tertiary/aromatic N) is 2. The van der Waals surface area contributed by atoms with Crippen LogP contribution in [0.1, 0.15) is 44.8 Å². The van der Waals surface area contributed by atoms with Gasteiger partial charge in [0.05, 0.1) is 11.3 Å². The van der Waals surface area contributed by atoms with Gasteiger partial charge in [-0.15, -0.1) is 0 Å². The molecule has 2 heterocycles. The van der Waals surface area contributed by atoms with Crippen LogP contribution in [-0.4, -0.2) is 27.8 Å². The van der Waals surface area contributed by atoms with Gasteiger partial charge in [-0.2, -0.15) is 0 Å². The highest BCUT2D eigenvalue weighted by Crippen LogP contribution is 2.22. The molecule has 1 aliphatic carbocycles. The normalized spacial score (nSPS) is 12.8. The average Bonchev–Trinajstić information content (AvgIpc) is 3.59. The van der Waals surface area contributed by atoms with Crippen LogP contribution in [0.5, 0.6) is 5.88 Å². The Bertz CT molecular complexity index is 1050. The predicted molar refractivity (Wildman–Crippen MR) is 112 cm³/mol. The third-order valence-corrected chi connectivity index (χ3v) is 4.75. The summed E-state index contributed by atoms with van der Waals surface area (Å²) in [6.07, 6.45) is 5.21. The maximum absolute atomic E-state index is 12.6. The number of benzene rings is 1. The zero-order valence-corrected chi connectivity index (χ0v) is 16.6. The van der Waals surface area contributed by atoms with Crippen molar-refractivity contribution in [1.29, 1.82) is 0 Å². The van der Waals surface area contributed by atoms with E-state index >= 15 is 0 Å². The van der Waals surface area contributed by atoms with Crippen molar-refractivity contribution in [3.05, 3.63) is 83.3 Å². The number of aryl methyl sites for hydroxylation is 1. The highest BCUT2D eigenvalue weighted by Gasteiger charge is 2.24. The summed E-state index contributed by atoms with van der Waals surface area (Å²) < 4.78 is 5.59. The molecule has 1 aliphatic rings. The van der Waals surface area contributed by atoms with Gasteiger partial charge in [-0.1, -0.05) is 12.1 Å². The molecule has 1 aromatic carbocycles. The number of ether oxygens (including phenoxy) is 1. The Labute approximate surface area is 174 Å². The van der Waals surface area contributed by atoms with Crippen LogP contribution in [0.3, 0.4) is 0 Å². The van der Waals surface area contributed by atoms with E-state index in [0.717, 1.165) is 24.1 Å². The summed E-state index contributed by atoms with van der Waals surface area (Å²) >= 11 is 0. The van der Waals surface area contributed by atoms with Crippen molar-refractivity contribution in [2.45, 2.75) is 32.4 Å². The second kappa shape index (κ2) is 8.73. The van der Waals surface area contributed by atoms with Gasteiger partial charge in [-0.25, -0.2) is 4.98 Å². The molecule has 2 amide bonds. The number of carbonyl (C=O) groups excluding carboxylic acids is 2. The second-order valence-corrected chi connectivity index (χ2v) is 7.23. The topological polar surface area (TPSA) is 93.2 Å². The van der Waals surface area contributed by atoms with Gasteiger partial charge in [0.1, 0.15) is 6.61 Å². The van der Waals surface area contributed by atoms with Crippen LogP contribution in [0.15, 0.2) is 60.9 Å². The number of hydrogen-bond donors (Lipinski definition) is 2. The molecule has 0 bridgehead atoms. The van der Waals surface area contributed by atoms with E-state index in [1.807, 2.05) is 31.2 Å². The average molecular weight is 402 g/mol. The zero-order valence-electron chi connectivity index (χ0n) is 16.6. The Hall–Kier alpha value is -3.74. The minimum Gasteiger partial charge on any atom is -0.471 e. The number of pyridine rings is 2. The van der Waals surface area contributed by atoms with E-state index in [2.05, 4.69) is 20.6 Å². The number of anilines is 1. The van der Waals surface area contributed by atoms with Crippen molar-refractivity contribution in [3.8, 4) is 5.88 Å². The van der Waals surface area contributed by atoms with Crippen LogP contribution in [0.2, 0.25) is 0 Å². The van der Waals surface area contributed by atoms with Gasteiger partial charge in [-0.3, -0.25) is 14.6 Å². The smallest absolute Gasteiger partial charge is 0.257 e. The van der Waals surface area contributed by atoms with Crippen molar-refractivity contribution >= 4 is 17.5 Å². The van der Waals surface area contributed by atoms with Crippen LogP contribution in [0, 0.1) is 6.92 Å². The quantitative estimate of drug-likeness (QED) is 0.631. The third-order valence-electron chi connectivity index (χ3n) is 4.75. The molecule has 7 heteroatoms. The maximum Gasteiger partial charge on any atom is 0.257 e. The number of rotatable bonds is 7. The molecule has 2 N–H and O–H groups in total. The third kappa shape index (κ3) is 5.00. The Morgan fingerprint density at radius 2 is 1.87 bits per heavy atom. The lowest BCUT2D eigenvalue weighted by molar-refractivity contribution is 0.0949. The maximum atomic E-state index is 12.6. The molecule has 30 heavy (non-hydrogen) atoms. The first kappa shape index (κ1) is 19.6. The van der Waals surface area contributed by atoms with E-state index in [4.69, 9.17) is 4.74 Å². The fraction of sp³-hybridized carbons (Fsp3) is 0.217. The molecule has 0 spiro atoms. The summed E-state index contributed by atoms with van der Waals surface area (Å²) in [4.78, 5) is 33.3. The first-order chi connectivity index (χ1) is 14.6. The number of aromatic nitrogens is 2. The molecule has 0 aliphatic heterocycles. The largest absolute Gasteiger partial charge is 0.471 e. The van der Waals surface area contributed by atoms with Gasteiger partial charge in [0.2, 0.25) is 5.88 Å². The lowest BCUT2D eigenvalue weighted by Gasteiger charge is -2.11. The molecule has 3 aromatic rings. The summed E-state index contributed by atoms with van der Waals surface area (Å²) in [7, 11) is 0. The summed E-state index contributed by atoms with van der Waals surface area (Å²) in [5, 5.41) is 5.81. The van der Waals surface area contributed by atoms with Crippen LogP contribution < -0.4 is 15.4 Å². The molecule has 4 rings (SSSR count). The number of hydrogen-bond acceptors (Lipinski definition) is 5. The van der Waals surface area contributed by atoms with Crippen molar-refractivity contribution in [2.24, 2.45) is 0 Å². The van der Waals surface area contributed by atoms with E-state index in [1.165, 1.54) is 6.20 Å². The molecular weight excluding hydrogens is 380 g/mol. The SMILES string of the molecule is Cc1ccc(C(=O)NC2CC2)cc1NC(=O)c1ccc(OCc2ccccn2)nc1. The summed E-state index contributed by atoms with van der Waals surface area (Å²) in [5.41, 5.74) is 3.18. The van der Waals surface area contributed by atoms with E-state index in [-0.39, 0.29) is 17.9 Å². The van der Waals surface area contributed by atoms with Gasteiger partial charge in [0.25, 0.3) is 11.8 Å². The Kier molecular flexibility index (Phi) is 5.70. The Morgan fingerprint density at radius 1 is 1.03 bits per heavy atom. The lowest BCUT2D eigenvalue weighted by atomic mass is 10.1. The highest BCUT2D eigenvalue weighted by molar-refractivity contribution is 6.05. The molecule has 7 nitrogen and oxygen atoms in total. The van der Waals surface area contributed by atoms with Gasteiger partial charge in [0.15, 0.2) is 0 Å². The molecule has 0 radical (unpaired) electrons. The second-order valence-electron chi connectivity index (χ2n) is 7.23. The van der Waals surface area contributed by atoms with Crippen molar-refractivity contribution < 1.29 is 14.3 Å². The fourth-order valence-electron chi connectivity index (χ4n) is 2.82. The van der Waals surface area contributed by atoms with E-state index in [9.17, 15) is 9.59 Å². The van der Waals surface area contributed by atoms with E-state index < -0.39 is 0 Å². The van der Waals surface area contributed by atoms with Gasteiger partial charge < -0.3 is 15.4 Å². The molecule has 0 atom stereocenters. The molecule has 0 unspecified atom stereocenters. The Balaban J connectivity index is 1.39. The number of nitrogens with one attached hydrogen (secondary N) is 2. The monoisotopic (exact) mass is 402 g/mol. The minimum absolute atomic E-state index is 0.121. The molecule has 152 valence electrons. The van der Waals surface area contributed by atoms with Crippen LogP contribution in [0.25, 0.3) is 0 Å². The first-order valence-corrected chi connectivity index (χ1v) is 9.80. The molecule has 1 saturated carbocycles. The predicted octanol–water partition coefficient (Wildman–Crippen LogP) is 3.51.